The predicted octanol–water partition coefficient (Wildman–Crippen LogP) is 2.55. The van der Waals surface area contributed by atoms with Gasteiger partial charge in [0.2, 0.25) is 5.91 Å². The van der Waals surface area contributed by atoms with E-state index in [1.807, 2.05) is 0 Å². The third kappa shape index (κ3) is 5.71. The van der Waals surface area contributed by atoms with Crippen molar-refractivity contribution >= 4 is 17.9 Å². The van der Waals surface area contributed by atoms with Crippen molar-refractivity contribution in [2.75, 3.05) is 13.1 Å². The van der Waals surface area contributed by atoms with Gasteiger partial charge in [0.25, 0.3) is 0 Å². The number of nitrogens with one attached hydrogen (secondary N) is 2. The number of nitrogens with zero attached hydrogens (tertiary/aromatic N) is 1. The maximum Gasteiger partial charge on any atom is 0.335 e. The van der Waals surface area contributed by atoms with Crippen LogP contribution in [0.4, 0.5) is 4.79 Å². The molecular weight excluding hydrogens is 358 g/mol. The molecule has 1 saturated carbocycles. The van der Waals surface area contributed by atoms with Gasteiger partial charge in [-0.15, -0.1) is 0 Å². The molecule has 1 aromatic rings. The van der Waals surface area contributed by atoms with Gasteiger partial charge in [0, 0.05) is 25.2 Å². The van der Waals surface area contributed by atoms with Gasteiger partial charge in [-0.2, -0.15) is 0 Å². The third-order valence-electron chi connectivity index (χ3n) is 5.65. The second-order valence-corrected chi connectivity index (χ2v) is 7.79. The third-order valence-corrected chi connectivity index (χ3v) is 5.65. The van der Waals surface area contributed by atoms with E-state index in [9.17, 15) is 14.4 Å². The molecule has 1 saturated heterocycles. The molecule has 3 N–H and O–H groups in total. The number of amides is 3. The first-order valence-electron chi connectivity index (χ1n) is 10.2. The van der Waals surface area contributed by atoms with E-state index < -0.39 is 5.97 Å². The first kappa shape index (κ1) is 20.2. The highest BCUT2D eigenvalue weighted by atomic mass is 16.4. The molecule has 0 aromatic heterocycles. The molecule has 0 bridgehead atoms. The first-order valence-corrected chi connectivity index (χ1v) is 10.2. The molecule has 0 atom stereocenters. The Balaban J connectivity index is 1.41. The van der Waals surface area contributed by atoms with Gasteiger partial charge in [-0.1, -0.05) is 31.4 Å². The summed E-state index contributed by atoms with van der Waals surface area (Å²) < 4.78 is 0. The van der Waals surface area contributed by atoms with Crippen LogP contribution in [0.5, 0.6) is 0 Å². The zero-order chi connectivity index (χ0) is 19.9. The normalized spacial score (nSPS) is 18.5. The van der Waals surface area contributed by atoms with E-state index in [4.69, 9.17) is 5.11 Å². The minimum atomic E-state index is -0.993. The van der Waals surface area contributed by atoms with Crippen LogP contribution in [-0.2, 0) is 11.2 Å². The summed E-state index contributed by atoms with van der Waals surface area (Å²) in [6, 6.07) is 6.78. The molecule has 0 radical (unpaired) electrons. The van der Waals surface area contributed by atoms with Gasteiger partial charge in [0.15, 0.2) is 0 Å². The monoisotopic (exact) mass is 387 g/mol. The molecule has 3 rings (SSSR count). The number of aromatic carboxylic acids is 1. The van der Waals surface area contributed by atoms with E-state index in [0.29, 0.717) is 18.7 Å². The van der Waals surface area contributed by atoms with Gasteiger partial charge in [-0.05, 0) is 43.4 Å². The lowest BCUT2D eigenvalue weighted by Gasteiger charge is -2.33. The number of hydrogen-bond acceptors (Lipinski definition) is 3. The predicted molar refractivity (Wildman–Crippen MR) is 105 cm³/mol. The van der Waals surface area contributed by atoms with Crippen molar-refractivity contribution in [3.8, 4) is 0 Å². The highest BCUT2D eigenvalue weighted by Crippen LogP contribution is 2.18. The highest BCUT2D eigenvalue weighted by Gasteiger charge is 2.25. The lowest BCUT2D eigenvalue weighted by molar-refractivity contribution is -0.131. The quantitative estimate of drug-likeness (QED) is 0.723. The van der Waals surface area contributed by atoms with Crippen LogP contribution in [0.25, 0.3) is 0 Å². The second kappa shape index (κ2) is 9.57. The molecule has 0 unspecified atom stereocenters. The standard InChI is InChI=1S/C21H29N3O4/c25-19(14-15-5-4-6-16(13-15)20(26)27)24-11-9-18(10-12-24)23-21(28)22-17-7-2-1-3-8-17/h4-6,13,17-18H,1-3,7-12,14H2,(H,26,27)(H2,22,23,28). The van der Waals surface area contributed by atoms with Gasteiger partial charge in [-0.3, -0.25) is 4.79 Å². The summed E-state index contributed by atoms with van der Waals surface area (Å²) in [5, 5.41) is 15.2. The summed E-state index contributed by atoms with van der Waals surface area (Å²) in [5.74, 6) is -1.000. The Morgan fingerprint density at radius 3 is 2.25 bits per heavy atom. The van der Waals surface area contributed by atoms with Crippen molar-refractivity contribution in [2.24, 2.45) is 0 Å². The van der Waals surface area contributed by atoms with Gasteiger partial charge in [0.1, 0.15) is 0 Å². The van der Waals surface area contributed by atoms with Gasteiger partial charge >= 0.3 is 12.0 Å². The largest absolute Gasteiger partial charge is 0.478 e. The minimum absolute atomic E-state index is 0.00681. The van der Waals surface area contributed by atoms with Crippen molar-refractivity contribution in [2.45, 2.75) is 63.5 Å². The highest BCUT2D eigenvalue weighted by molar-refractivity contribution is 5.88. The Morgan fingerprint density at radius 2 is 1.61 bits per heavy atom. The van der Waals surface area contributed by atoms with E-state index >= 15 is 0 Å². The Bertz CT molecular complexity index is 707. The van der Waals surface area contributed by atoms with Crippen LogP contribution >= 0.6 is 0 Å². The second-order valence-electron chi connectivity index (χ2n) is 7.79. The summed E-state index contributed by atoms with van der Waals surface area (Å²) in [6.45, 7) is 1.21. The summed E-state index contributed by atoms with van der Waals surface area (Å²) in [6.07, 6.45) is 7.40. The topological polar surface area (TPSA) is 98.7 Å². The van der Waals surface area contributed by atoms with Crippen molar-refractivity contribution in [1.29, 1.82) is 0 Å². The van der Waals surface area contributed by atoms with Crippen LogP contribution in [0.1, 0.15) is 60.9 Å². The summed E-state index contributed by atoms with van der Waals surface area (Å²) in [7, 11) is 0. The Labute approximate surface area is 165 Å². The zero-order valence-electron chi connectivity index (χ0n) is 16.2. The van der Waals surface area contributed by atoms with E-state index in [1.165, 1.54) is 25.3 Å². The Hall–Kier alpha value is -2.57. The Morgan fingerprint density at radius 1 is 0.964 bits per heavy atom. The molecule has 2 aliphatic rings. The average Bonchev–Trinajstić information content (AvgIpc) is 2.69. The van der Waals surface area contributed by atoms with Crippen LogP contribution in [0.2, 0.25) is 0 Å². The SMILES string of the molecule is O=C(NC1CCCCC1)NC1CCN(C(=O)Cc2cccc(C(=O)O)c2)CC1. The van der Waals surface area contributed by atoms with Crippen LogP contribution in [0.15, 0.2) is 24.3 Å². The molecular formula is C21H29N3O4. The molecule has 1 aliphatic heterocycles. The van der Waals surface area contributed by atoms with Crippen molar-refractivity contribution in [3.63, 3.8) is 0 Å². The molecule has 7 heteroatoms. The van der Waals surface area contributed by atoms with Crippen LogP contribution in [0.3, 0.4) is 0 Å². The van der Waals surface area contributed by atoms with E-state index in [1.54, 1.807) is 23.1 Å². The van der Waals surface area contributed by atoms with Crippen LogP contribution < -0.4 is 10.6 Å². The fourth-order valence-electron chi connectivity index (χ4n) is 4.03. The van der Waals surface area contributed by atoms with Crippen LogP contribution in [0, 0.1) is 0 Å². The maximum atomic E-state index is 12.5. The minimum Gasteiger partial charge on any atom is -0.478 e. The summed E-state index contributed by atoms with van der Waals surface area (Å²) in [4.78, 5) is 37.5. The number of hydrogen-bond donors (Lipinski definition) is 3. The number of piperidine rings is 1. The first-order chi connectivity index (χ1) is 13.5. The van der Waals surface area contributed by atoms with E-state index in [-0.39, 0.29) is 36.0 Å². The Kier molecular flexibility index (Phi) is 6.90. The number of carbonyl (C=O) groups is 3. The molecule has 28 heavy (non-hydrogen) atoms. The number of urea groups is 1. The lowest BCUT2D eigenvalue weighted by Crippen LogP contribution is -2.51. The fraction of sp³-hybridized carbons (Fsp3) is 0.571. The number of carboxylic acids is 1. The zero-order valence-corrected chi connectivity index (χ0v) is 16.2. The van der Waals surface area contributed by atoms with Gasteiger partial charge < -0.3 is 20.6 Å². The maximum absolute atomic E-state index is 12.5. The smallest absolute Gasteiger partial charge is 0.335 e. The summed E-state index contributed by atoms with van der Waals surface area (Å²) >= 11 is 0. The number of carbonyl (C=O) groups excluding carboxylic acids is 2. The lowest BCUT2D eigenvalue weighted by atomic mass is 9.96. The molecule has 1 heterocycles. The molecule has 7 nitrogen and oxygen atoms in total. The van der Waals surface area contributed by atoms with E-state index in [2.05, 4.69) is 10.6 Å². The molecule has 0 spiro atoms. The van der Waals surface area contributed by atoms with E-state index in [0.717, 1.165) is 25.7 Å². The molecule has 3 amide bonds. The summed E-state index contributed by atoms with van der Waals surface area (Å²) in [5.41, 5.74) is 0.897. The molecule has 152 valence electrons. The fourth-order valence-corrected chi connectivity index (χ4v) is 4.03. The van der Waals surface area contributed by atoms with Crippen LogP contribution in [-0.4, -0.2) is 53.1 Å². The average molecular weight is 387 g/mol. The number of likely N-dealkylation sites (tertiary alicyclic amines) is 1. The van der Waals surface area contributed by atoms with Gasteiger partial charge in [0.05, 0.1) is 12.0 Å². The van der Waals surface area contributed by atoms with Gasteiger partial charge in [-0.25, -0.2) is 9.59 Å². The van der Waals surface area contributed by atoms with Crippen molar-refractivity contribution in [3.05, 3.63) is 35.4 Å². The number of rotatable bonds is 5. The van der Waals surface area contributed by atoms with Crippen molar-refractivity contribution < 1.29 is 19.5 Å². The number of carboxylic acid groups (broad SMARTS) is 1. The molecule has 2 fully saturated rings. The van der Waals surface area contributed by atoms with Crippen molar-refractivity contribution in [1.82, 2.24) is 15.5 Å². The molecule has 1 aliphatic carbocycles. The molecule has 1 aromatic carbocycles. The number of benzene rings is 1.